The van der Waals surface area contributed by atoms with E-state index in [1.807, 2.05) is 18.2 Å². The minimum atomic E-state index is 0.347. The summed E-state index contributed by atoms with van der Waals surface area (Å²) < 4.78 is 12.9. The van der Waals surface area contributed by atoms with E-state index in [9.17, 15) is 0 Å². The molecule has 1 aliphatic rings. The van der Waals surface area contributed by atoms with Gasteiger partial charge in [-0.1, -0.05) is 19.4 Å². The van der Waals surface area contributed by atoms with Crippen LogP contribution in [0.5, 0.6) is 11.5 Å². The smallest absolute Gasteiger partial charge is 0.161 e. The van der Waals surface area contributed by atoms with Crippen LogP contribution in [-0.2, 0) is 13.0 Å². The first-order chi connectivity index (χ1) is 13.1. The third-order valence-corrected chi connectivity index (χ3v) is 5.41. The molecule has 1 heterocycles. The zero-order chi connectivity index (χ0) is 19.2. The molecule has 27 heavy (non-hydrogen) atoms. The van der Waals surface area contributed by atoms with Gasteiger partial charge in [-0.2, -0.15) is 5.10 Å². The summed E-state index contributed by atoms with van der Waals surface area (Å²) in [5.74, 6) is 3.98. The van der Waals surface area contributed by atoms with E-state index in [0.29, 0.717) is 18.4 Å². The Balaban J connectivity index is 1.81. The Bertz CT molecular complexity index is 736. The van der Waals surface area contributed by atoms with Crippen LogP contribution in [0.3, 0.4) is 0 Å². The standard InChI is InChI=1S/C21H32N4O2/c1-4-5-12-25-21(16-7-9-17(22)10-8-16)23-20(24-25)14-15-6-11-18(26-2)19(13-15)27-3/h6,11,13,16-17H,4-5,7-10,12,14,22H2,1-3H3. The molecule has 0 saturated heterocycles. The molecule has 1 fully saturated rings. The second-order valence-corrected chi connectivity index (χ2v) is 7.44. The summed E-state index contributed by atoms with van der Waals surface area (Å²) in [6.45, 7) is 3.15. The van der Waals surface area contributed by atoms with Gasteiger partial charge in [-0.15, -0.1) is 0 Å². The van der Waals surface area contributed by atoms with Gasteiger partial charge in [-0.05, 0) is 49.8 Å². The molecule has 2 aromatic rings. The number of unbranched alkanes of at least 4 members (excludes halogenated alkanes) is 1. The van der Waals surface area contributed by atoms with Gasteiger partial charge in [0, 0.05) is 24.9 Å². The van der Waals surface area contributed by atoms with Crippen LogP contribution < -0.4 is 15.2 Å². The van der Waals surface area contributed by atoms with Crippen molar-refractivity contribution in [1.82, 2.24) is 14.8 Å². The highest BCUT2D eigenvalue weighted by Gasteiger charge is 2.25. The molecule has 1 aliphatic carbocycles. The number of aryl methyl sites for hydroxylation is 1. The summed E-state index contributed by atoms with van der Waals surface area (Å²) in [5.41, 5.74) is 7.21. The van der Waals surface area contributed by atoms with Crippen LogP contribution in [0, 0.1) is 0 Å². The number of ether oxygens (including phenoxy) is 2. The second-order valence-electron chi connectivity index (χ2n) is 7.44. The van der Waals surface area contributed by atoms with E-state index in [1.54, 1.807) is 14.2 Å². The van der Waals surface area contributed by atoms with Gasteiger partial charge in [-0.25, -0.2) is 9.67 Å². The molecule has 1 aromatic carbocycles. The number of aromatic nitrogens is 3. The van der Waals surface area contributed by atoms with E-state index in [-0.39, 0.29) is 0 Å². The summed E-state index contributed by atoms with van der Waals surface area (Å²) in [4.78, 5) is 4.94. The molecule has 0 radical (unpaired) electrons. The molecule has 0 spiro atoms. The van der Waals surface area contributed by atoms with Crippen molar-refractivity contribution in [2.45, 2.75) is 70.4 Å². The highest BCUT2D eigenvalue weighted by atomic mass is 16.5. The van der Waals surface area contributed by atoms with Crippen molar-refractivity contribution in [2.24, 2.45) is 5.73 Å². The molecule has 6 nitrogen and oxygen atoms in total. The maximum absolute atomic E-state index is 6.09. The molecule has 3 rings (SSSR count). The molecule has 0 bridgehead atoms. The monoisotopic (exact) mass is 372 g/mol. The molecule has 1 saturated carbocycles. The van der Waals surface area contributed by atoms with Crippen LogP contribution in [0.25, 0.3) is 0 Å². The van der Waals surface area contributed by atoms with Crippen molar-refractivity contribution in [1.29, 1.82) is 0 Å². The third-order valence-electron chi connectivity index (χ3n) is 5.41. The van der Waals surface area contributed by atoms with Crippen LogP contribution in [0.1, 0.15) is 68.6 Å². The number of benzene rings is 1. The fraction of sp³-hybridized carbons (Fsp3) is 0.619. The fourth-order valence-corrected chi connectivity index (χ4v) is 3.80. The molecule has 0 amide bonds. The van der Waals surface area contributed by atoms with Gasteiger partial charge in [0.25, 0.3) is 0 Å². The Kier molecular flexibility index (Phi) is 6.72. The van der Waals surface area contributed by atoms with Crippen LogP contribution in [-0.4, -0.2) is 35.0 Å². The molecule has 0 atom stereocenters. The summed E-state index contributed by atoms with van der Waals surface area (Å²) in [7, 11) is 3.31. The number of hydrogen-bond acceptors (Lipinski definition) is 5. The number of rotatable bonds is 8. The summed E-state index contributed by atoms with van der Waals surface area (Å²) in [5, 5.41) is 4.84. The average molecular weight is 373 g/mol. The maximum atomic E-state index is 6.09. The molecule has 2 N–H and O–H groups in total. The van der Waals surface area contributed by atoms with E-state index in [1.165, 1.54) is 0 Å². The SMILES string of the molecule is CCCCn1nc(Cc2ccc(OC)c(OC)c2)nc1C1CCC(N)CC1. The van der Waals surface area contributed by atoms with Crippen molar-refractivity contribution in [3.8, 4) is 11.5 Å². The second kappa shape index (κ2) is 9.22. The Morgan fingerprint density at radius 3 is 2.52 bits per heavy atom. The Hall–Kier alpha value is -2.08. The molecule has 0 unspecified atom stereocenters. The third kappa shape index (κ3) is 4.80. The van der Waals surface area contributed by atoms with E-state index in [2.05, 4.69) is 11.6 Å². The van der Waals surface area contributed by atoms with Crippen molar-refractivity contribution in [3.63, 3.8) is 0 Å². The lowest BCUT2D eigenvalue weighted by atomic mass is 9.86. The minimum absolute atomic E-state index is 0.347. The Morgan fingerprint density at radius 1 is 1.11 bits per heavy atom. The van der Waals surface area contributed by atoms with Gasteiger partial charge in [0.2, 0.25) is 0 Å². The minimum Gasteiger partial charge on any atom is -0.493 e. The zero-order valence-corrected chi connectivity index (χ0v) is 16.8. The van der Waals surface area contributed by atoms with E-state index < -0.39 is 0 Å². The fourth-order valence-electron chi connectivity index (χ4n) is 3.80. The van der Waals surface area contributed by atoms with Gasteiger partial charge in [0.1, 0.15) is 5.82 Å². The number of nitrogens with zero attached hydrogens (tertiary/aromatic N) is 3. The van der Waals surface area contributed by atoms with Gasteiger partial charge in [0.05, 0.1) is 14.2 Å². The predicted octanol–water partition coefficient (Wildman–Crippen LogP) is 3.67. The summed E-state index contributed by atoms with van der Waals surface area (Å²) in [6.07, 6.45) is 7.35. The first-order valence-electron chi connectivity index (χ1n) is 10.0. The lowest BCUT2D eigenvalue weighted by molar-refractivity contribution is 0.354. The van der Waals surface area contributed by atoms with Gasteiger partial charge >= 0.3 is 0 Å². The van der Waals surface area contributed by atoms with Crippen LogP contribution >= 0.6 is 0 Å². The lowest BCUT2D eigenvalue weighted by Crippen LogP contribution is -2.27. The molecule has 6 heteroatoms. The Morgan fingerprint density at radius 2 is 1.85 bits per heavy atom. The topological polar surface area (TPSA) is 75.2 Å². The molecule has 148 valence electrons. The van der Waals surface area contributed by atoms with Crippen LogP contribution in [0.15, 0.2) is 18.2 Å². The number of hydrogen-bond donors (Lipinski definition) is 1. The molecule has 0 aliphatic heterocycles. The first kappa shape index (κ1) is 19.7. The van der Waals surface area contributed by atoms with Gasteiger partial charge in [-0.3, -0.25) is 0 Å². The first-order valence-corrected chi connectivity index (χ1v) is 10.0. The predicted molar refractivity (Wildman–Crippen MR) is 106 cm³/mol. The van der Waals surface area contributed by atoms with Gasteiger partial charge < -0.3 is 15.2 Å². The van der Waals surface area contributed by atoms with Crippen LogP contribution in [0.4, 0.5) is 0 Å². The average Bonchev–Trinajstić information content (AvgIpc) is 3.09. The van der Waals surface area contributed by atoms with Crippen molar-refractivity contribution >= 4 is 0 Å². The van der Waals surface area contributed by atoms with E-state index >= 15 is 0 Å². The van der Waals surface area contributed by atoms with Crippen molar-refractivity contribution in [2.75, 3.05) is 14.2 Å². The number of methoxy groups -OCH3 is 2. The summed E-state index contributed by atoms with van der Waals surface area (Å²) in [6, 6.07) is 6.34. The molecule has 1 aromatic heterocycles. The molecular weight excluding hydrogens is 340 g/mol. The van der Waals surface area contributed by atoms with E-state index in [0.717, 1.165) is 73.8 Å². The highest BCUT2D eigenvalue weighted by Crippen LogP contribution is 2.32. The lowest BCUT2D eigenvalue weighted by Gasteiger charge is -2.25. The molecular formula is C21H32N4O2. The summed E-state index contributed by atoms with van der Waals surface area (Å²) >= 11 is 0. The highest BCUT2D eigenvalue weighted by molar-refractivity contribution is 5.43. The van der Waals surface area contributed by atoms with Crippen LogP contribution in [0.2, 0.25) is 0 Å². The quantitative estimate of drug-likeness (QED) is 0.765. The maximum Gasteiger partial charge on any atom is 0.161 e. The Labute approximate surface area is 162 Å². The zero-order valence-electron chi connectivity index (χ0n) is 16.8. The van der Waals surface area contributed by atoms with Gasteiger partial charge in [0.15, 0.2) is 17.3 Å². The van der Waals surface area contributed by atoms with Crippen molar-refractivity contribution < 1.29 is 9.47 Å². The normalized spacial score (nSPS) is 19.9. The number of nitrogens with two attached hydrogens (primary N) is 1. The van der Waals surface area contributed by atoms with E-state index in [4.69, 9.17) is 25.3 Å². The van der Waals surface area contributed by atoms with Crippen molar-refractivity contribution in [3.05, 3.63) is 35.4 Å². The largest absolute Gasteiger partial charge is 0.493 e.